The molecule has 0 unspecified atom stereocenters. The standard InChI is InChI=1S/C25H24ClF6N7O/c26-16-1-2-18-15(9-16)12-38(17-10-23(40,11-17)25(30,31)32)13-20-35-36-21(39(18)20)14-4-7-37(8-5-14)22-33-6-3-19(34-22)24(27,28)29/h1-3,6,9,14,17,40H,4-5,7-8,10-13H2. The zero-order valence-electron chi connectivity index (χ0n) is 20.9. The van der Waals surface area contributed by atoms with Crippen LogP contribution in [0, 0.1) is 0 Å². The minimum Gasteiger partial charge on any atom is -0.380 e. The lowest BCUT2D eigenvalue weighted by Gasteiger charge is -2.48. The maximum atomic E-state index is 13.3. The topological polar surface area (TPSA) is 83.2 Å². The number of benzene rings is 1. The van der Waals surface area contributed by atoms with Gasteiger partial charge in [-0.1, -0.05) is 11.6 Å². The molecule has 0 spiro atoms. The van der Waals surface area contributed by atoms with Crippen LogP contribution in [-0.2, 0) is 19.3 Å². The van der Waals surface area contributed by atoms with Gasteiger partial charge < -0.3 is 10.0 Å². The first-order valence-corrected chi connectivity index (χ1v) is 13.1. The van der Waals surface area contributed by atoms with Gasteiger partial charge in [0.1, 0.15) is 11.5 Å². The van der Waals surface area contributed by atoms with Crippen LogP contribution in [0.4, 0.5) is 32.3 Å². The van der Waals surface area contributed by atoms with Gasteiger partial charge in [-0.3, -0.25) is 9.47 Å². The molecule has 3 aromatic rings. The predicted octanol–water partition coefficient (Wildman–Crippen LogP) is 4.88. The fourth-order valence-electron chi connectivity index (χ4n) is 5.78. The van der Waals surface area contributed by atoms with E-state index in [9.17, 15) is 31.4 Å². The molecule has 8 nitrogen and oxygen atoms in total. The van der Waals surface area contributed by atoms with Gasteiger partial charge in [0, 0.05) is 55.7 Å². The maximum Gasteiger partial charge on any atom is 0.433 e. The van der Waals surface area contributed by atoms with Gasteiger partial charge in [-0.2, -0.15) is 26.3 Å². The van der Waals surface area contributed by atoms with Gasteiger partial charge >= 0.3 is 12.4 Å². The van der Waals surface area contributed by atoms with Gasteiger partial charge in [-0.05, 0) is 42.7 Å². The highest BCUT2D eigenvalue weighted by Gasteiger charge is 2.62. The van der Waals surface area contributed by atoms with Crippen molar-refractivity contribution in [2.45, 2.75) is 68.7 Å². The van der Waals surface area contributed by atoms with Crippen LogP contribution in [0.15, 0.2) is 30.5 Å². The molecular weight excluding hydrogens is 564 g/mol. The Morgan fingerprint density at radius 1 is 0.975 bits per heavy atom. The normalized spacial score (nSPS) is 24.3. The molecule has 0 radical (unpaired) electrons. The maximum absolute atomic E-state index is 13.3. The van der Waals surface area contributed by atoms with E-state index >= 15 is 0 Å². The number of aromatic nitrogens is 5. The van der Waals surface area contributed by atoms with Crippen molar-refractivity contribution in [2.75, 3.05) is 18.0 Å². The van der Waals surface area contributed by atoms with Crippen molar-refractivity contribution < 1.29 is 31.4 Å². The lowest BCUT2D eigenvalue weighted by molar-refractivity contribution is -0.300. The summed E-state index contributed by atoms with van der Waals surface area (Å²) in [5, 5.41) is 19.3. The van der Waals surface area contributed by atoms with Crippen molar-refractivity contribution in [3.8, 4) is 5.69 Å². The minimum atomic E-state index is -4.70. The molecule has 3 aliphatic rings. The number of hydrogen-bond donors (Lipinski definition) is 1. The van der Waals surface area contributed by atoms with E-state index in [1.165, 1.54) is 0 Å². The average Bonchev–Trinajstić information content (AvgIpc) is 3.21. The Balaban J connectivity index is 1.24. The predicted molar refractivity (Wildman–Crippen MR) is 131 cm³/mol. The molecule has 214 valence electrons. The average molecular weight is 588 g/mol. The Hall–Kier alpha value is -2.97. The van der Waals surface area contributed by atoms with Gasteiger partial charge in [0.05, 0.1) is 12.2 Å². The molecule has 6 rings (SSSR count). The van der Waals surface area contributed by atoms with Crippen LogP contribution in [0.5, 0.6) is 0 Å². The second-order valence-electron chi connectivity index (χ2n) is 10.6. The fraction of sp³-hybridized carbons (Fsp3) is 0.520. The number of halogens is 7. The Kier molecular flexibility index (Phi) is 6.50. The third-order valence-corrected chi connectivity index (χ3v) is 8.26. The minimum absolute atomic E-state index is 0.0169. The Morgan fingerprint density at radius 3 is 2.38 bits per heavy atom. The number of rotatable bonds is 3. The van der Waals surface area contributed by atoms with E-state index in [4.69, 9.17) is 11.6 Å². The number of piperidine rings is 1. The summed E-state index contributed by atoms with van der Waals surface area (Å²) in [6.45, 7) is 1.37. The summed E-state index contributed by atoms with van der Waals surface area (Å²) in [5.41, 5.74) is -2.13. The molecule has 0 amide bonds. The third kappa shape index (κ3) is 4.79. The van der Waals surface area contributed by atoms with E-state index in [2.05, 4.69) is 20.2 Å². The summed E-state index contributed by atoms with van der Waals surface area (Å²) in [4.78, 5) is 11.3. The summed E-state index contributed by atoms with van der Waals surface area (Å²) < 4.78 is 81.1. The second-order valence-corrected chi connectivity index (χ2v) is 11.0. The monoisotopic (exact) mass is 587 g/mol. The SMILES string of the molecule is OC1(C(F)(F)F)CC(N2Cc3cc(Cl)ccc3-n3c(nnc3C3CCN(c4nccc(C(F)(F)F)n4)CC3)C2)C1. The third-order valence-electron chi connectivity index (χ3n) is 8.02. The van der Waals surface area contributed by atoms with Crippen molar-refractivity contribution >= 4 is 17.5 Å². The van der Waals surface area contributed by atoms with E-state index in [0.29, 0.717) is 49.1 Å². The zero-order chi connectivity index (χ0) is 28.4. The van der Waals surface area contributed by atoms with Crippen molar-refractivity contribution in [3.63, 3.8) is 0 Å². The molecule has 0 atom stereocenters. The van der Waals surface area contributed by atoms with E-state index in [1.54, 1.807) is 17.0 Å². The lowest BCUT2D eigenvalue weighted by Crippen LogP contribution is -2.61. The van der Waals surface area contributed by atoms with E-state index in [0.717, 1.165) is 23.5 Å². The van der Waals surface area contributed by atoms with Crippen molar-refractivity contribution in [1.82, 2.24) is 29.6 Å². The Bertz CT molecular complexity index is 1410. The van der Waals surface area contributed by atoms with E-state index in [1.807, 2.05) is 15.5 Å². The van der Waals surface area contributed by atoms with Crippen LogP contribution in [-0.4, -0.2) is 65.6 Å². The first kappa shape index (κ1) is 27.2. The molecule has 2 fully saturated rings. The molecule has 1 saturated carbocycles. The molecular formula is C25H24ClF6N7O. The van der Waals surface area contributed by atoms with Gasteiger partial charge in [0.15, 0.2) is 11.4 Å². The summed E-state index contributed by atoms with van der Waals surface area (Å²) in [5.74, 6) is 1.17. The van der Waals surface area contributed by atoms with E-state index < -0.39 is 42.5 Å². The van der Waals surface area contributed by atoms with Crippen LogP contribution in [0.25, 0.3) is 5.69 Å². The molecule has 1 N–H and O–H groups in total. The van der Waals surface area contributed by atoms with Crippen molar-refractivity contribution in [1.29, 1.82) is 0 Å². The number of hydrogen-bond acceptors (Lipinski definition) is 7. The van der Waals surface area contributed by atoms with Gasteiger partial charge in [-0.15, -0.1) is 10.2 Å². The first-order chi connectivity index (χ1) is 18.8. The van der Waals surface area contributed by atoms with Crippen molar-refractivity contribution in [3.05, 3.63) is 58.4 Å². The quantitative estimate of drug-likeness (QED) is 0.437. The smallest absolute Gasteiger partial charge is 0.380 e. The highest BCUT2D eigenvalue weighted by molar-refractivity contribution is 6.30. The first-order valence-electron chi connectivity index (χ1n) is 12.7. The molecule has 1 aromatic carbocycles. The lowest BCUT2D eigenvalue weighted by atomic mass is 9.74. The number of alkyl halides is 6. The molecule has 15 heteroatoms. The molecule has 0 bridgehead atoms. The Labute approximate surface area is 229 Å². The second kappa shape index (κ2) is 9.55. The van der Waals surface area contributed by atoms with Crippen LogP contribution < -0.4 is 4.90 Å². The summed E-state index contributed by atoms with van der Waals surface area (Å²) in [7, 11) is 0. The van der Waals surface area contributed by atoms with E-state index in [-0.39, 0.29) is 18.4 Å². The number of anilines is 1. The van der Waals surface area contributed by atoms with Crippen LogP contribution >= 0.6 is 11.6 Å². The van der Waals surface area contributed by atoms with Crippen LogP contribution in [0.2, 0.25) is 5.02 Å². The van der Waals surface area contributed by atoms with Gasteiger partial charge in [0.25, 0.3) is 0 Å². The zero-order valence-corrected chi connectivity index (χ0v) is 21.7. The van der Waals surface area contributed by atoms with Crippen molar-refractivity contribution in [2.24, 2.45) is 0 Å². The molecule has 2 aliphatic heterocycles. The number of fused-ring (bicyclic) bond motifs is 3. The summed E-state index contributed by atoms with van der Waals surface area (Å²) in [6, 6.07) is 5.66. The van der Waals surface area contributed by atoms with Crippen LogP contribution in [0.1, 0.15) is 54.5 Å². The highest BCUT2D eigenvalue weighted by atomic mass is 35.5. The summed E-state index contributed by atoms with van der Waals surface area (Å²) >= 11 is 6.28. The number of aliphatic hydroxyl groups is 1. The molecule has 40 heavy (non-hydrogen) atoms. The summed E-state index contributed by atoms with van der Waals surface area (Å²) in [6.07, 6.45) is -7.90. The molecule has 1 aliphatic carbocycles. The Morgan fingerprint density at radius 2 is 1.70 bits per heavy atom. The van der Waals surface area contributed by atoms with Gasteiger partial charge in [0.2, 0.25) is 5.95 Å². The molecule has 4 heterocycles. The van der Waals surface area contributed by atoms with Gasteiger partial charge in [-0.25, -0.2) is 9.97 Å². The largest absolute Gasteiger partial charge is 0.433 e. The highest BCUT2D eigenvalue weighted by Crippen LogP contribution is 2.48. The number of nitrogens with zero attached hydrogens (tertiary/aromatic N) is 7. The molecule has 2 aromatic heterocycles. The fourth-order valence-corrected chi connectivity index (χ4v) is 5.97. The van der Waals surface area contributed by atoms with Crippen LogP contribution in [0.3, 0.4) is 0 Å². The molecule has 1 saturated heterocycles.